The zero-order valence-electron chi connectivity index (χ0n) is 10.8. The van der Waals surface area contributed by atoms with Gasteiger partial charge in [0.25, 0.3) is 5.91 Å². The number of carbonyl (C=O) groups is 2. The molecule has 1 amide bonds. The summed E-state index contributed by atoms with van der Waals surface area (Å²) >= 11 is 0. The molecule has 0 aliphatic rings. The van der Waals surface area contributed by atoms with Crippen LogP contribution in [-0.2, 0) is 14.8 Å². The summed E-state index contributed by atoms with van der Waals surface area (Å²) in [7, 11) is -2.69. The van der Waals surface area contributed by atoms with Crippen molar-refractivity contribution in [3.63, 3.8) is 0 Å². The third kappa shape index (κ3) is 3.68. The van der Waals surface area contributed by atoms with Gasteiger partial charge in [-0.2, -0.15) is 0 Å². The average molecular weight is 302 g/mol. The molecule has 0 aliphatic heterocycles. The quantitative estimate of drug-likeness (QED) is 0.673. The van der Waals surface area contributed by atoms with Crippen LogP contribution in [0.1, 0.15) is 17.3 Å². The predicted octanol–water partition coefficient (Wildman–Crippen LogP) is -0.454. The molecule has 110 valence electrons. The lowest BCUT2D eigenvalue weighted by Gasteiger charge is -2.12. The lowest BCUT2D eigenvalue weighted by atomic mass is 10.1. The number of sulfonamides is 1. The standard InChI is InChI=1S/C11H14N2O6S/c1-6(11(15)16)13-10(14)8-5-7(20(12,17)18)3-4-9(8)19-2/h3-6H,1-2H3,(H,13,14)(H,15,16)(H2,12,17,18). The number of carboxylic acids is 1. The number of benzene rings is 1. The van der Waals surface area contributed by atoms with Crippen molar-refractivity contribution in [2.75, 3.05) is 7.11 Å². The second-order valence-electron chi connectivity index (χ2n) is 3.94. The van der Waals surface area contributed by atoms with E-state index in [1.54, 1.807) is 0 Å². The van der Waals surface area contributed by atoms with Crippen molar-refractivity contribution >= 4 is 21.9 Å². The Kier molecular flexibility index (Phi) is 4.69. The van der Waals surface area contributed by atoms with Gasteiger partial charge in [-0.15, -0.1) is 0 Å². The van der Waals surface area contributed by atoms with E-state index in [0.29, 0.717) is 0 Å². The Bertz CT molecular complexity index is 640. The molecular formula is C11H14N2O6S. The molecule has 0 spiro atoms. The summed E-state index contributed by atoms with van der Waals surface area (Å²) in [5.74, 6) is -1.89. The Morgan fingerprint density at radius 3 is 2.45 bits per heavy atom. The van der Waals surface area contributed by atoms with Crippen LogP contribution in [0.3, 0.4) is 0 Å². The van der Waals surface area contributed by atoms with Crippen LogP contribution in [0.4, 0.5) is 0 Å². The molecule has 1 aromatic carbocycles. The third-order valence-corrected chi connectivity index (χ3v) is 3.37. The first-order valence-corrected chi connectivity index (χ1v) is 6.96. The van der Waals surface area contributed by atoms with Crippen molar-refractivity contribution in [1.29, 1.82) is 0 Å². The van der Waals surface area contributed by atoms with Gasteiger partial charge in [-0.3, -0.25) is 9.59 Å². The maximum absolute atomic E-state index is 11.9. The highest BCUT2D eigenvalue weighted by molar-refractivity contribution is 7.89. The number of rotatable bonds is 5. The molecule has 8 nitrogen and oxygen atoms in total. The van der Waals surface area contributed by atoms with Crippen LogP contribution in [-0.4, -0.2) is 38.6 Å². The van der Waals surface area contributed by atoms with Crippen molar-refractivity contribution in [2.45, 2.75) is 17.9 Å². The molecule has 0 aromatic heterocycles. The zero-order chi connectivity index (χ0) is 15.5. The molecule has 0 saturated carbocycles. The van der Waals surface area contributed by atoms with Crippen LogP contribution in [0.2, 0.25) is 0 Å². The van der Waals surface area contributed by atoms with E-state index in [0.717, 1.165) is 6.07 Å². The molecule has 1 aromatic rings. The van der Waals surface area contributed by atoms with Crippen molar-refractivity contribution < 1.29 is 27.9 Å². The summed E-state index contributed by atoms with van der Waals surface area (Å²) in [6, 6.07) is 2.34. The van der Waals surface area contributed by atoms with Gasteiger partial charge in [0.15, 0.2) is 0 Å². The van der Waals surface area contributed by atoms with Gasteiger partial charge in [0, 0.05) is 0 Å². The molecule has 0 aliphatic carbocycles. The van der Waals surface area contributed by atoms with E-state index in [1.807, 2.05) is 0 Å². The average Bonchev–Trinajstić information content (AvgIpc) is 2.36. The van der Waals surface area contributed by atoms with Gasteiger partial charge in [-0.1, -0.05) is 0 Å². The maximum atomic E-state index is 11.9. The SMILES string of the molecule is COc1ccc(S(N)(=O)=O)cc1C(=O)NC(C)C(=O)O. The summed E-state index contributed by atoms with van der Waals surface area (Å²) < 4.78 is 27.4. The van der Waals surface area contributed by atoms with E-state index in [-0.39, 0.29) is 16.2 Å². The van der Waals surface area contributed by atoms with E-state index < -0.39 is 27.9 Å². The Morgan fingerprint density at radius 1 is 1.40 bits per heavy atom. The number of hydrogen-bond acceptors (Lipinski definition) is 5. The number of carbonyl (C=O) groups excluding carboxylic acids is 1. The fourth-order valence-corrected chi connectivity index (χ4v) is 1.92. The fourth-order valence-electron chi connectivity index (χ4n) is 1.38. The Balaban J connectivity index is 3.21. The van der Waals surface area contributed by atoms with Crippen molar-refractivity contribution in [3.05, 3.63) is 23.8 Å². The normalized spacial score (nSPS) is 12.6. The second kappa shape index (κ2) is 5.88. The minimum absolute atomic E-state index is 0.104. The van der Waals surface area contributed by atoms with Crippen molar-refractivity contribution in [2.24, 2.45) is 5.14 Å². The first-order chi connectivity index (χ1) is 9.16. The van der Waals surface area contributed by atoms with Gasteiger partial charge in [-0.25, -0.2) is 13.6 Å². The molecule has 1 atom stereocenters. The molecular weight excluding hydrogens is 288 g/mol. The lowest BCUT2D eigenvalue weighted by molar-refractivity contribution is -0.138. The number of aliphatic carboxylic acids is 1. The van der Waals surface area contributed by atoms with Gasteiger partial charge >= 0.3 is 5.97 Å². The third-order valence-electron chi connectivity index (χ3n) is 2.46. The first kappa shape index (κ1) is 15.9. The van der Waals surface area contributed by atoms with Crippen LogP contribution in [0.5, 0.6) is 5.75 Å². The van der Waals surface area contributed by atoms with Gasteiger partial charge in [0.1, 0.15) is 11.8 Å². The molecule has 9 heteroatoms. The first-order valence-electron chi connectivity index (χ1n) is 5.41. The van der Waals surface area contributed by atoms with Crippen LogP contribution in [0.15, 0.2) is 23.1 Å². The molecule has 0 fully saturated rings. The number of hydrogen-bond donors (Lipinski definition) is 3. The number of carboxylic acid groups (broad SMARTS) is 1. The Hall–Kier alpha value is -2.13. The summed E-state index contributed by atoms with van der Waals surface area (Å²) in [5.41, 5.74) is -0.118. The minimum Gasteiger partial charge on any atom is -0.496 e. The summed E-state index contributed by atoms with van der Waals surface area (Å²) in [5, 5.41) is 15.9. The van der Waals surface area contributed by atoms with E-state index in [9.17, 15) is 18.0 Å². The maximum Gasteiger partial charge on any atom is 0.325 e. The highest BCUT2D eigenvalue weighted by atomic mass is 32.2. The van der Waals surface area contributed by atoms with Gasteiger partial charge in [0.2, 0.25) is 10.0 Å². The Morgan fingerprint density at radius 2 is 2.00 bits per heavy atom. The van der Waals surface area contributed by atoms with E-state index in [1.165, 1.54) is 26.2 Å². The second-order valence-corrected chi connectivity index (χ2v) is 5.50. The molecule has 0 heterocycles. The van der Waals surface area contributed by atoms with Crippen LogP contribution < -0.4 is 15.2 Å². The van der Waals surface area contributed by atoms with Gasteiger partial charge in [0.05, 0.1) is 17.6 Å². The molecule has 0 bridgehead atoms. The van der Waals surface area contributed by atoms with E-state index in [4.69, 9.17) is 15.0 Å². The summed E-state index contributed by atoms with van der Waals surface area (Å²) in [6.07, 6.45) is 0. The molecule has 0 saturated heterocycles. The summed E-state index contributed by atoms with van der Waals surface area (Å²) in [4.78, 5) is 22.3. The highest BCUT2D eigenvalue weighted by Crippen LogP contribution is 2.21. The molecule has 1 unspecified atom stereocenters. The fraction of sp³-hybridized carbons (Fsp3) is 0.273. The number of amides is 1. The number of methoxy groups -OCH3 is 1. The number of nitrogens with one attached hydrogen (secondary N) is 1. The van der Waals surface area contributed by atoms with E-state index >= 15 is 0 Å². The minimum atomic E-state index is -3.98. The molecule has 0 radical (unpaired) electrons. The smallest absolute Gasteiger partial charge is 0.325 e. The van der Waals surface area contributed by atoms with Gasteiger partial charge in [-0.05, 0) is 25.1 Å². The monoisotopic (exact) mass is 302 g/mol. The lowest BCUT2D eigenvalue weighted by Crippen LogP contribution is -2.38. The van der Waals surface area contributed by atoms with Crippen LogP contribution >= 0.6 is 0 Å². The van der Waals surface area contributed by atoms with E-state index in [2.05, 4.69) is 5.32 Å². The molecule has 1 rings (SSSR count). The van der Waals surface area contributed by atoms with Crippen LogP contribution in [0, 0.1) is 0 Å². The highest BCUT2D eigenvalue weighted by Gasteiger charge is 2.20. The largest absolute Gasteiger partial charge is 0.496 e. The Labute approximate surface area is 115 Å². The van der Waals surface area contributed by atoms with Crippen molar-refractivity contribution in [3.8, 4) is 5.75 Å². The number of ether oxygens (including phenoxy) is 1. The van der Waals surface area contributed by atoms with Crippen LogP contribution in [0.25, 0.3) is 0 Å². The number of nitrogens with two attached hydrogens (primary N) is 1. The van der Waals surface area contributed by atoms with Gasteiger partial charge < -0.3 is 15.2 Å². The molecule has 4 N–H and O–H groups in total. The number of primary sulfonamides is 1. The van der Waals surface area contributed by atoms with Crippen molar-refractivity contribution in [1.82, 2.24) is 5.32 Å². The summed E-state index contributed by atoms with van der Waals surface area (Å²) in [6.45, 7) is 1.27. The molecule has 20 heavy (non-hydrogen) atoms. The topological polar surface area (TPSA) is 136 Å². The zero-order valence-corrected chi connectivity index (χ0v) is 11.6. The predicted molar refractivity (Wildman–Crippen MR) is 68.9 cm³/mol.